The fourth-order valence-corrected chi connectivity index (χ4v) is 8.74. The zero-order chi connectivity index (χ0) is 65.0. The lowest BCUT2D eigenvalue weighted by molar-refractivity contribution is -0.143. The molecule has 12 bridgehead atoms. The number of ether oxygens (including phenoxy) is 9. The number of anilines is 6. The van der Waals surface area contributed by atoms with Gasteiger partial charge in [0.2, 0.25) is 23.8 Å². The summed E-state index contributed by atoms with van der Waals surface area (Å²) in [6, 6.07) is 23.6. The lowest BCUT2D eigenvalue weighted by Crippen LogP contribution is -2.49. The van der Waals surface area contributed by atoms with Crippen LogP contribution in [-0.2, 0) is 36.9 Å². The van der Waals surface area contributed by atoms with Gasteiger partial charge < -0.3 is 85.6 Å². The molecule has 0 spiro atoms. The van der Waals surface area contributed by atoms with Gasteiger partial charge in [-0.05, 0) is 146 Å². The van der Waals surface area contributed by atoms with Crippen molar-refractivity contribution >= 4 is 65.0 Å². The van der Waals surface area contributed by atoms with E-state index < -0.39 is 47.5 Å². The molecule has 488 valence electrons. The standard InChI is InChI=1S/C34H45N7O8.C29H37N7O6/c1-6-46-32-40-30-35-20-22-11-14-24(15-12-22)47-17-9-7-8-10-18-48-27-19-23(37-31(39-30)41-32)13-16-25(27)28(42)38-26(29(43)45-5)21-36-33(44)49-34(2,3)4;1-3-40-29-35-27-31-18-19-8-11-21(12-9-19)41-14-6-4-5-7-15-42-24-16-20(32-28(34-27)36-29)10-13-22(24)25(37)33-23(17-30)26(38)39-2/h11-16,19,26H,6-10,17-18,20-21H2,1-5H3,(H,36,44)(H,38,42)(H2,35,37,39,40,41);8-13,16,23H,3-7,14-15,17-18,30H2,1-2H3,(H,33,37)(H2,31,32,34,35,36)/t26-;23-/m00/s1. The smallest absolute Gasteiger partial charge is 0.407 e. The summed E-state index contributed by atoms with van der Waals surface area (Å²) in [7, 11) is 2.43. The van der Waals surface area contributed by atoms with Crippen molar-refractivity contribution in [3.8, 4) is 35.0 Å². The zero-order valence-electron chi connectivity index (χ0n) is 52.4. The second kappa shape index (κ2) is 35.3. The average molecular weight is 1260 g/mol. The second-order valence-electron chi connectivity index (χ2n) is 21.5. The molecule has 9 N–H and O–H groups in total. The quantitative estimate of drug-likeness (QED) is 0.0401. The van der Waals surface area contributed by atoms with Gasteiger partial charge in [-0.1, -0.05) is 24.3 Å². The van der Waals surface area contributed by atoms with E-state index in [9.17, 15) is 24.0 Å². The molecule has 4 aliphatic rings. The number of carbonyl (C=O) groups is 5. The average Bonchev–Trinajstić information content (AvgIpc) is 1.15. The largest absolute Gasteiger partial charge is 0.494 e. The number of aromatic nitrogens is 6. The number of nitrogens with one attached hydrogen (secondary N) is 7. The summed E-state index contributed by atoms with van der Waals surface area (Å²) < 4.78 is 49.9. The summed E-state index contributed by atoms with van der Waals surface area (Å²) >= 11 is 0. The van der Waals surface area contributed by atoms with Gasteiger partial charge in [-0.25, -0.2) is 14.4 Å². The van der Waals surface area contributed by atoms with Crippen molar-refractivity contribution in [2.24, 2.45) is 5.73 Å². The van der Waals surface area contributed by atoms with Crippen LogP contribution in [0.4, 0.5) is 40.0 Å². The number of alkyl carbamates (subject to hydrolysis) is 1. The van der Waals surface area contributed by atoms with E-state index in [0.717, 1.165) is 74.0 Å². The van der Waals surface area contributed by atoms with E-state index in [0.29, 0.717) is 81.8 Å². The number of benzene rings is 4. The summed E-state index contributed by atoms with van der Waals surface area (Å²) in [6.45, 7) is 12.0. The number of esters is 2. The highest BCUT2D eigenvalue weighted by Crippen LogP contribution is 2.29. The van der Waals surface area contributed by atoms with Crippen LogP contribution in [0.2, 0.25) is 0 Å². The molecule has 0 unspecified atom stereocenters. The molecule has 0 aliphatic carbocycles. The molecular formula is C63H82N14O14. The number of hydrogen-bond acceptors (Lipinski definition) is 25. The lowest BCUT2D eigenvalue weighted by Gasteiger charge is -2.22. The molecule has 91 heavy (non-hydrogen) atoms. The van der Waals surface area contributed by atoms with E-state index >= 15 is 0 Å². The molecule has 0 radical (unpaired) electrons. The Balaban J connectivity index is 0.000000261. The number of fused-ring (bicyclic) bond motifs is 20. The van der Waals surface area contributed by atoms with Gasteiger partial charge in [0, 0.05) is 43.1 Å². The van der Waals surface area contributed by atoms with Crippen molar-refractivity contribution in [1.82, 2.24) is 45.9 Å². The number of amides is 3. The topological polar surface area (TPSA) is 356 Å². The van der Waals surface area contributed by atoms with E-state index in [-0.39, 0.29) is 53.9 Å². The molecule has 6 heterocycles. The van der Waals surface area contributed by atoms with E-state index in [1.165, 1.54) is 14.2 Å². The molecule has 6 aromatic rings. The molecule has 10 rings (SSSR count). The summed E-state index contributed by atoms with van der Waals surface area (Å²) in [6.07, 6.45) is 6.29. The first-order valence-corrected chi connectivity index (χ1v) is 30.2. The summed E-state index contributed by atoms with van der Waals surface area (Å²) in [5.74, 6) is 0.762. The van der Waals surface area contributed by atoms with Crippen molar-refractivity contribution in [2.45, 2.75) is 117 Å². The Labute approximate surface area is 528 Å². The van der Waals surface area contributed by atoms with Crippen molar-refractivity contribution in [3.05, 3.63) is 107 Å². The molecule has 4 aliphatic heterocycles. The van der Waals surface area contributed by atoms with Crippen LogP contribution in [0.3, 0.4) is 0 Å². The number of carbonyl (C=O) groups excluding carboxylic acids is 5. The van der Waals surface area contributed by atoms with Gasteiger partial charge in [-0.3, -0.25) is 9.59 Å². The summed E-state index contributed by atoms with van der Waals surface area (Å²) in [5, 5.41) is 20.5. The lowest BCUT2D eigenvalue weighted by atomic mass is 10.1. The molecule has 3 amide bonds. The molecule has 0 fully saturated rings. The normalized spacial score (nSPS) is 14.3. The predicted molar refractivity (Wildman–Crippen MR) is 338 cm³/mol. The predicted octanol–water partition coefficient (Wildman–Crippen LogP) is 7.94. The van der Waals surface area contributed by atoms with Crippen molar-refractivity contribution in [3.63, 3.8) is 0 Å². The maximum atomic E-state index is 13.6. The maximum Gasteiger partial charge on any atom is 0.407 e. The van der Waals surface area contributed by atoms with Gasteiger partial charge in [0.05, 0.1) is 71.5 Å². The minimum Gasteiger partial charge on any atom is -0.494 e. The Morgan fingerprint density at radius 1 is 0.538 bits per heavy atom. The number of methoxy groups -OCH3 is 2. The first-order valence-electron chi connectivity index (χ1n) is 30.2. The Bertz CT molecular complexity index is 3340. The second-order valence-corrected chi connectivity index (χ2v) is 21.5. The van der Waals surface area contributed by atoms with Crippen LogP contribution in [0.25, 0.3) is 0 Å². The third-order valence-electron chi connectivity index (χ3n) is 13.3. The van der Waals surface area contributed by atoms with E-state index in [4.69, 9.17) is 48.4 Å². The van der Waals surface area contributed by atoms with Crippen LogP contribution in [0.5, 0.6) is 35.0 Å². The van der Waals surface area contributed by atoms with Crippen LogP contribution >= 0.6 is 0 Å². The van der Waals surface area contributed by atoms with Crippen molar-refractivity contribution < 1.29 is 66.6 Å². The fourth-order valence-electron chi connectivity index (χ4n) is 8.74. The van der Waals surface area contributed by atoms with Crippen LogP contribution in [0.15, 0.2) is 84.9 Å². The molecule has 0 saturated heterocycles. The first-order chi connectivity index (χ1) is 44.0. The van der Waals surface area contributed by atoms with Gasteiger partial charge >= 0.3 is 30.1 Å². The zero-order valence-corrected chi connectivity index (χ0v) is 52.4. The van der Waals surface area contributed by atoms with E-state index in [2.05, 4.69) is 67.1 Å². The number of hydrogen-bond donors (Lipinski definition) is 8. The van der Waals surface area contributed by atoms with Crippen molar-refractivity contribution in [1.29, 1.82) is 0 Å². The minimum absolute atomic E-state index is 0.111. The van der Waals surface area contributed by atoms with E-state index in [1.807, 2.05) is 62.4 Å². The third-order valence-corrected chi connectivity index (χ3v) is 13.3. The van der Waals surface area contributed by atoms with Gasteiger partial charge in [0.15, 0.2) is 0 Å². The molecule has 4 aromatic carbocycles. The number of nitrogens with zero attached hydrogens (tertiary/aromatic N) is 6. The van der Waals surface area contributed by atoms with Gasteiger partial charge in [0.1, 0.15) is 40.7 Å². The SMILES string of the molecule is CCOc1nc2nc(n1)Nc1ccc(C(=O)N[C@@H](CN)C(=O)OC)c(c1)OCCCCCCOc1ccc(cc1)CN2.CCOc1nc2nc(n1)Nc1ccc(C(=O)N[C@@H](CNC(=O)OC(C)(C)C)C(=O)OC)c(c1)OCCCCCCOc1ccc(cc1)CN2. The Hall–Kier alpha value is -9.99. The first kappa shape index (κ1) is 68.5. The highest BCUT2D eigenvalue weighted by atomic mass is 16.6. The van der Waals surface area contributed by atoms with Gasteiger partial charge in [0.25, 0.3) is 11.8 Å². The highest BCUT2D eigenvalue weighted by molar-refractivity contribution is 6.00. The molecule has 0 saturated carbocycles. The minimum atomic E-state index is -1.20. The Morgan fingerprint density at radius 2 is 0.945 bits per heavy atom. The third kappa shape index (κ3) is 22.8. The molecule has 28 nitrogen and oxygen atoms in total. The Kier molecular flexibility index (Phi) is 26.5. The molecule has 2 aromatic heterocycles. The molecule has 28 heteroatoms. The molecular weight excluding hydrogens is 1180 g/mol. The van der Waals surface area contributed by atoms with Crippen LogP contribution in [0.1, 0.15) is 118 Å². The van der Waals surface area contributed by atoms with Crippen LogP contribution in [-0.4, -0.2) is 144 Å². The van der Waals surface area contributed by atoms with Crippen LogP contribution < -0.4 is 71.4 Å². The molecule has 2 atom stereocenters. The summed E-state index contributed by atoms with van der Waals surface area (Å²) in [4.78, 5) is 89.9. The highest BCUT2D eigenvalue weighted by Gasteiger charge is 2.27. The fraction of sp³-hybridized carbons (Fsp3) is 0.444. The summed E-state index contributed by atoms with van der Waals surface area (Å²) in [5.41, 5.74) is 8.48. The van der Waals surface area contributed by atoms with Gasteiger partial charge in [-0.15, -0.1) is 0 Å². The van der Waals surface area contributed by atoms with Gasteiger partial charge in [-0.2, -0.15) is 29.9 Å². The number of nitrogens with two attached hydrogens (primary N) is 1. The van der Waals surface area contributed by atoms with E-state index in [1.54, 1.807) is 57.2 Å². The monoisotopic (exact) mass is 1260 g/mol. The van der Waals surface area contributed by atoms with Crippen LogP contribution in [0, 0.1) is 0 Å². The van der Waals surface area contributed by atoms with Crippen molar-refractivity contribution in [2.75, 3.05) is 88.2 Å². The number of rotatable bonds is 13. The Morgan fingerprint density at radius 3 is 1.35 bits per heavy atom. The maximum absolute atomic E-state index is 13.6.